The first-order valence-electron chi connectivity index (χ1n) is 5.87. The predicted molar refractivity (Wildman–Crippen MR) is 72.6 cm³/mol. The summed E-state index contributed by atoms with van der Waals surface area (Å²) in [5.74, 6) is -0.0134. The fourth-order valence-electron chi connectivity index (χ4n) is 1.89. The number of halogens is 1. The molecule has 0 bridgehead atoms. The topological polar surface area (TPSA) is 47.8 Å². The van der Waals surface area contributed by atoms with Crippen LogP contribution in [0.2, 0.25) is 0 Å². The molecule has 0 unspecified atom stereocenters. The third-order valence-electron chi connectivity index (χ3n) is 2.84. The average Bonchev–Trinajstić information content (AvgIpc) is 2.79. The van der Waals surface area contributed by atoms with Gasteiger partial charge in [0.15, 0.2) is 0 Å². The number of hydrogen-bond acceptors (Lipinski definition) is 3. The van der Waals surface area contributed by atoms with Crippen LogP contribution in [0, 0.1) is 0 Å². The molecule has 0 aliphatic rings. The molecule has 4 nitrogen and oxygen atoms in total. The summed E-state index contributed by atoms with van der Waals surface area (Å²) in [5.41, 5.74) is 2.25. The fraction of sp³-hybridized carbons (Fsp3) is 0.308. The predicted octanol–water partition coefficient (Wildman–Crippen LogP) is 2.85. The zero-order valence-electron chi connectivity index (χ0n) is 10.4. The summed E-state index contributed by atoms with van der Waals surface area (Å²) >= 11 is 3.38. The lowest BCUT2D eigenvalue weighted by atomic mass is 10.0. The highest BCUT2D eigenvalue weighted by molar-refractivity contribution is 9.10. The maximum atomic E-state index is 12.6. The SMILES string of the molecule is CCc1cnccc1C(=O)c1c(Br)cnn1CC. The Balaban J connectivity index is 2.51. The van der Waals surface area contributed by atoms with Crippen LogP contribution in [0.15, 0.2) is 29.1 Å². The first-order valence-corrected chi connectivity index (χ1v) is 6.67. The minimum atomic E-state index is -0.0134. The van der Waals surface area contributed by atoms with Gasteiger partial charge in [-0.25, -0.2) is 0 Å². The molecule has 2 heterocycles. The number of rotatable bonds is 4. The normalized spacial score (nSPS) is 10.6. The molecule has 5 heteroatoms. The van der Waals surface area contributed by atoms with Gasteiger partial charge in [0, 0.05) is 24.5 Å². The summed E-state index contributed by atoms with van der Waals surface area (Å²) in [6.07, 6.45) is 5.83. The first-order chi connectivity index (χ1) is 8.69. The fourth-order valence-corrected chi connectivity index (χ4v) is 2.36. The van der Waals surface area contributed by atoms with Gasteiger partial charge >= 0.3 is 0 Å². The molecule has 0 aliphatic carbocycles. The largest absolute Gasteiger partial charge is 0.287 e. The number of carbonyl (C=O) groups excluding carboxylic acids is 1. The van der Waals surface area contributed by atoms with E-state index in [0.29, 0.717) is 17.8 Å². The van der Waals surface area contributed by atoms with E-state index in [2.05, 4.69) is 26.0 Å². The van der Waals surface area contributed by atoms with Gasteiger partial charge in [-0.2, -0.15) is 5.10 Å². The minimum Gasteiger partial charge on any atom is -0.287 e. The second-order valence-electron chi connectivity index (χ2n) is 3.87. The summed E-state index contributed by atoms with van der Waals surface area (Å²) in [6.45, 7) is 4.64. The molecule has 94 valence electrons. The number of carbonyl (C=O) groups is 1. The second kappa shape index (κ2) is 5.44. The second-order valence-corrected chi connectivity index (χ2v) is 4.73. The van der Waals surface area contributed by atoms with Crippen molar-refractivity contribution in [1.82, 2.24) is 14.8 Å². The van der Waals surface area contributed by atoms with Crippen molar-refractivity contribution in [3.63, 3.8) is 0 Å². The zero-order chi connectivity index (χ0) is 13.1. The molecule has 0 radical (unpaired) electrons. The molecule has 2 aromatic rings. The Bertz CT molecular complexity index is 577. The number of aryl methyl sites for hydroxylation is 2. The quantitative estimate of drug-likeness (QED) is 0.816. The van der Waals surface area contributed by atoms with Gasteiger partial charge in [0.25, 0.3) is 0 Å². The lowest BCUT2D eigenvalue weighted by molar-refractivity contribution is 0.102. The van der Waals surface area contributed by atoms with Gasteiger partial charge in [0.05, 0.1) is 10.7 Å². The summed E-state index contributed by atoms with van der Waals surface area (Å²) in [6, 6.07) is 1.76. The van der Waals surface area contributed by atoms with Crippen molar-refractivity contribution in [3.05, 3.63) is 46.0 Å². The van der Waals surface area contributed by atoms with E-state index < -0.39 is 0 Å². The lowest BCUT2D eigenvalue weighted by Crippen LogP contribution is -2.13. The molecule has 2 rings (SSSR count). The van der Waals surface area contributed by atoms with Crippen molar-refractivity contribution in [2.45, 2.75) is 26.8 Å². The van der Waals surface area contributed by atoms with Gasteiger partial charge < -0.3 is 0 Å². The van der Waals surface area contributed by atoms with Gasteiger partial charge in [-0.3, -0.25) is 14.5 Å². The molecule has 0 saturated carbocycles. The highest BCUT2D eigenvalue weighted by Gasteiger charge is 2.20. The van der Waals surface area contributed by atoms with Crippen molar-refractivity contribution in [3.8, 4) is 0 Å². The number of nitrogens with zero attached hydrogens (tertiary/aromatic N) is 3. The van der Waals surface area contributed by atoms with Gasteiger partial charge in [-0.05, 0) is 40.9 Å². The standard InChI is InChI=1S/C13H14BrN3O/c1-3-9-7-15-6-5-10(9)13(18)12-11(14)8-16-17(12)4-2/h5-8H,3-4H2,1-2H3. The Morgan fingerprint density at radius 1 is 1.39 bits per heavy atom. The van der Waals surface area contributed by atoms with Crippen molar-refractivity contribution >= 4 is 21.7 Å². The smallest absolute Gasteiger partial charge is 0.212 e. The maximum absolute atomic E-state index is 12.6. The molecule has 0 spiro atoms. The Hall–Kier alpha value is -1.49. The number of ketones is 1. The van der Waals surface area contributed by atoms with Crippen LogP contribution in [0.25, 0.3) is 0 Å². The van der Waals surface area contributed by atoms with E-state index in [-0.39, 0.29) is 5.78 Å². The lowest BCUT2D eigenvalue weighted by Gasteiger charge is -2.08. The van der Waals surface area contributed by atoms with Crippen LogP contribution in [-0.4, -0.2) is 20.5 Å². The Morgan fingerprint density at radius 3 is 2.83 bits per heavy atom. The number of hydrogen-bond donors (Lipinski definition) is 0. The molecule has 0 saturated heterocycles. The molecule has 2 aromatic heterocycles. The summed E-state index contributed by atoms with van der Waals surface area (Å²) in [5, 5.41) is 4.17. The van der Waals surface area contributed by atoms with E-state index in [4.69, 9.17) is 0 Å². The molecule has 0 aromatic carbocycles. The summed E-state index contributed by atoms with van der Waals surface area (Å²) < 4.78 is 2.43. The summed E-state index contributed by atoms with van der Waals surface area (Å²) in [7, 11) is 0. The van der Waals surface area contributed by atoms with Crippen LogP contribution in [-0.2, 0) is 13.0 Å². The van der Waals surface area contributed by atoms with Crippen molar-refractivity contribution in [2.75, 3.05) is 0 Å². The third kappa shape index (κ3) is 2.22. The van der Waals surface area contributed by atoms with Crippen LogP contribution in [0.1, 0.15) is 35.5 Å². The first kappa shape index (κ1) is 13.0. The van der Waals surface area contributed by atoms with Crippen molar-refractivity contribution < 1.29 is 4.79 Å². The Labute approximate surface area is 114 Å². The Kier molecular flexibility index (Phi) is 3.91. The Morgan fingerprint density at radius 2 is 2.17 bits per heavy atom. The molecule has 0 atom stereocenters. The molecular weight excluding hydrogens is 294 g/mol. The van der Waals surface area contributed by atoms with Crippen LogP contribution < -0.4 is 0 Å². The highest BCUT2D eigenvalue weighted by atomic mass is 79.9. The van der Waals surface area contributed by atoms with Gasteiger partial charge in [-0.1, -0.05) is 6.92 Å². The van der Waals surface area contributed by atoms with Gasteiger partial charge in [-0.15, -0.1) is 0 Å². The number of aromatic nitrogens is 3. The number of pyridine rings is 1. The zero-order valence-corrected chi connectivity index (χ0v) is 11.9. The van der Waals surface area contributed by atoms with E-state index in [1.807, 2.05) is 13.8 Å². The molecule has 0 fully saturated rings. The molecule has 0 amide bonds. The van der Waals surface area contributed by atoms with Crippen molar-refractivity contribution in [2.24, 2.45) is 0 Å². The van der Waals surface area contributed by atoms with Crippen LogP contribution in [0.4, 0.5) is 0 Å². The molecule has 0 N–H and O–H groups in total. The minimum absolute atomic E-state index is 0.0134. The molecule has 18 heavy (non-hydrogen) atoms. The third-order valence-corrected chi connectivity index (χ3v) is 3.42. The van der Waals surface area contributed by atoms with E-state index in [0.717, 1.165) is 16.5 Å². The highest BCUT2D eigenvalue weighted by Crippen LogP contribution is 2.21. The summed E-state index contributed by atoms with van der Waals surface area (Å²) in [4.78, 5) is 16.6. The van der Waals surface area contributed by atoms with Crippen molar-refractivity contribution in [1.29, 1.82) is 0 Å². The van der Waals surface area contributed by atoms with Crippen LogP contribution in [0.5, 0.6) is 0 Å². The maximum Gasteiger partial charge on any atom is 0.212 e. The van der Waals surface area contributed by atoms with E-state index in [1.165, 1.54) is 0 Å². The van der Waals surface area contributed by atoms with Gasteiger partial charge in [0.1, 0.15) is 5.69 Å². The van der Waals surface area contributed by atoms with E-state index >= 15 is 0 Å². The van der Waals surface area contributed by atoms with Crippen LogP contribution >= 0.6 is 15.9 Å². The molecular formula is C13H14BrN3O. The molecule has 0 aliphatic heterocycles. The monoisotopic (exact) mass is 307 g/mol. The van der Waals surface area contributed by atoms with E-state index in [1.54, 1.807) is 29.3 Å². The average molecular weight is 308 g/mol. The van der Waals surface area contributed by atoms with E-state index in [9.17, 15) is 4.79 Å². The van der Waals surface area contributed by atoms with Gasteiger partial charge in [0.2, 0.25) is 5.78 Å². The van der Waals surface area contributed by atoms with Crippen LogP contribution in [0.3, 0.4) is 0 Å².